The third-order valence-electron chi connectivity index (χ3n) is 1.73. The van der Waals surface area contributed by atoms with Crippen LogP contribution in [0.25, 0.3) is 0 Å². The van der Waals surface area contributed by atoms with Crippen molar-refractivity contribution in [3.8, 4) is 0 Å². The van der Waals surface area contributed by atoms with Crippen molar-refractivity contribution in [3.63, 3.8) is 0 Å². The molecule has 0 aromatic heterocycles. The highest BCUT2D eigenvalue weighted by molar-refractivity contribution is 9.11. The van der Waals surface area contributed by atoms with Crippen LogP contribution in [-0.2, 0) is 4.79 Å². The number of amides is 2. The number of hydrogen-bond acceptors (Lipinski definition) is 3. The first-order valence-electron chi connectivity index (χ1n) is 4.23. The fourth-order valence-electron chi connectivity index (χ4n) is 1.13. The summed E-state index contributed by atoms with van der Waals surface area (Å²) in [6, 6.07) is 3.29. The molecule has 1 aromatic carbocycles. The molecule has 0 atom stereocenters. The molecule has 0 heterocycles. The molecule has 0 saturated carbocycles. The van der Waals surface area contributed by atoms with Gasteiger partial charge in [0.1, 0.15) is 0 Å². The number of carbonyl (C=O) groups is 2. The zero-order chi connectivity index (χ0) is 12.3. The molecule has 0 spiro atoms. The summed E-state index contributed by atoms with van der Waals surface area (Å²) in [6.45, 7) is 1.36. The summed E-state index contributed by atoms with van der Waals surface area (Å²) < 4.78 is 1.29. The minimum atomic E-state index is -0.481. The van der Waals surface area contributed by atoms with E-state index in [1.807, 2.05) is 5.43 Å². The highest BCUT2D eigenvalue weighted by Crippen LogP contribution is 2.30. The molecule has 4 N–H and O–H groups in total. The summed E-state index contributed by atoms with van der Waals surface area (Å²) in [7, 11) is 0. The van der Waals surface area contributed by atoms with E-state index in [-0.39, 0.29) is 11.5 Å². The van der Waals surface area contributed by atoms with Gasteiger partial charge in [0.25, 0.3) is 5.91 Å². The quantitative estimate of drug-likeness (QED) is 0.432. The van der Waals surface area contributed by atoms with Crippen molar-refractivity contribution in [1.29, 1.82) is 0 Å². The van der Waals surface area contributed by atoms with E-state index >= 15 is 0 Å². The van der Waals surface area contributed by atoms with E-state index in [4.69, 9.17) is 5.84 Å². The van der Waals surface area contributed by atoms with Gasteiger partial charge in [0.2, 0.25) is 5.91 Å². The van der Waals surface area contributed by atoms with E-state index in [0.717, 1.165) is 0 Å². The Labute approximate surface area is 109 Å². The second kappa shape index (κ2) is 5.42. The molecule has 1 aromatic rings. The lowest BCUT2D eigenvalue weighted by Crippen LogP contribution is -2.31. The lowest BCUT2D eigenvalue weighted by molar-refractivity contribution is -0.114. The van der Waals surface area contributed by atoms with Crippen LogP contribution in [0.1, 0.15) is 17.3 Å². The zero-order valence-electron chi connectivity index (χ0n) is 8.30. The lowest BCUT2D eigenvalue weighted by atomic mass is 10.1. The minimum absolute atomic E-state index is 0.269. The van der Waals surface area contributed by atoms with E-state index in [9.17, 15) is 9.59 Å². The number of carbonyl (C=O) groups excluding carboxylic acids is 2. The van der Waals surface area contributed by atoms with Crippen LogP contribution >= 0.6 is 31.9 Å². The van der Waals surface area contributed by atoms with Gasteiger partial charge in [0.15, 0.2) is 0 Å². The van der Waals surface area contributed by atoms with Gasteiger partial charge >= 0.3 is 0 Å². The van der Waals surface area contributed by atoms with Gasteiger partial charge in [-0.3, -0.25) is 15.0 Å². The van der Waals surface area contributed by atoms with Crippen molar-refractivity contribution in [3.05, 3.63) is 26.6 Å². The van der Waals surface area contributed by atoms with Gasteiger partial charge < -0.3 is 5.32 Å². The molecule has 1 rings (SSSR count). The van der Waals surface area contributed by atoms with Crippen molar-refractivity contribution in [1.82, 2.24) is 5.43 Å². The van der Waals surface area contributed by atoms with Crippen LogP contribution in [0.5, 0.6) is 0 Å². The zero-order valence-corrected chi connectivity index (χ0v) is 11.5. The predicted molar refractivity (Wildman–Crippen MR) is 67.8 cm³/mol. The minimum Gasteiger partial charge on any atom is -0.325 e. The summed E-state index contributed by atoms with van der Waals surface area (Å²) in [5.41, 5.74) is 2.68. The van der Waals surface area contributed by atoms with Crippen LogP contribution in [0.4, 0.5) is 5.69 Å². The van der Waals surface area contributed by atoms with E-state index in [1.54, 1.807) is 12.1 Å². The Balaban J connectivity index is 3.31. The van der Waals surface area contributed by atoms with Gasteiger partial charge in [-0.25, -0.2) is 5.84 Å². The smallest absolute Gasteiger partial charge is 0.267 e. The number of hydrogen-bond donors (Lipinski definition) is 3. The molecule has 0 aliphatic rings. The number of hydrazine groups is 1. The Morgan fingerprint density at radius 1 is 1.31 bits per heavy atom. The number of nitrogens with two attached hydrogens (primary N) is 1. The average molecular weight is 351 g/mol. The third-order valence-corrected chi connectivity index (χ3v) is 2.82. The van der Waals surface area contributed by atoms with Crippen molar-refractivity contribution < 1.29 is 9.59 Å². The second-order valence-electron chi connectivity index (χ2n) is 2.96. The van der Waals surface area contributed by atoms with Crippen molar-refractivity contribution in [2.75, 3.05) is 5.32 Å². The maximum Gasteiger partial charge on any atom is 0.267 e. The van der Waals surface area contributed by atoms with Crippen molar-refractivity contribution in [2.24, 2.45) is 5.84 Å². The number of halogens is 2. The van der Waals surface area contributed by atoms with E-state index in [2.05, 4.69) is 37.2 Å². The normalized spacial score (nSPS) is 9.75. The van der Waals surface area contributed by atoms with Gasteiger partial charge in [0, 0.05) is 15.9 Å². The van der Waals surface area contributed by atoms with Gasteiger partial charge in [-0.2, -0.15) is 0 Å². The van der Waals surface area contributed by atoms with E-state index in [0.29, 0.717) is 14.6 Å². The molecule has 0 aliphatic carbocycles. The van der Waals surface area contributed by atoms with Gasteiger partial charge in [-0.1, -0.05) is 15.9 Å². The molecule has 0 radical (unpaired) electrons. The van der Waals surface area contributed by atoms with Crippen LogP contribution in [0.15, 0.2) is 21.1 Å². The highest BCUT2D eigenvalue weighted by Gasteiger charge is 2.15. The van der Waals surface area contributed by atoms with Crippen LogP contribution in [0.3, 0.4) is 0 Å². The predicted octanol–water partition coefficient (Wildman–Crippen LogP) is 1.77. The number of benzene rings is 1. The molecule has 2 amide bonds. The first-order valence-corrected chi connectivity index (χ1v) is 5.82. The standard InChI is InChI=1S/C9H9Br2N3O2/c1-4(15)13-8-6(9(16)14-12)2-5(10)3-7(8)11/h2-3H,12H2,1H3,(H,13,15)(H,14,16). The summed E-state index contributed by atoms with van der Waals surface area (Å²) in [5, 5.41) is 2.56. The Hall–Kier alpha value is -0.920. The molecule has 0 aliphatic heterocycles. The van der Waals surface area contributed by atoms with Crippen LogP contribution in [0, 0.1) is 0 Å². The van der Waals surface area contributed by atoms with Crippen LogP contribution in [-0.4, -0.2) is 11.8 Å². The van der Waals surface area contributed by atoms with E-state index < -0.39 is 5.91 Å². The first kappa shape index (κ1) is 13.1. The molecule has 5 nitrogen and oxygen atoms in total. The molecule has 0 fully saturated rings. The average Bonchev–Trinajstić information content (AvgIpc) is 2.20. The monoisotopic (exact) mass is 349 g/mol. The fourth-order valence-corrected chi connectivity index (χ4v) is 2.46. The SMILES string of the molecule is CC(=O)Nc1c(Br)cc(Br)cc1C(=O)NN. The molecule has 7 heteroatoms. The maximum atomic E-state index is 11.5. The maximum absolute atomic E-state index is 11.5. The molecule has 16 heavy (non-hydrogen) atoms. The van der Waals surface area contributed by atoms with Crippen molar-refractivity contribution >= 4 is 49.4 Å². The lowest BCUT2D eigenvalue weighted by Gasteiger charge is -2.11. The Morgan fingerprint density at radius 2 is 1.94 bits per heavy atom. The highest BCUT2D eigenvalue weighted by atomic mass is 79.9. The summed E-state index contributed by atoms with van der Waals surface area (Å²) in [4.78, 5) is 22.5. The Kier molecular flexibility index (Phi) is 4.45. The largest absolute Gasteiger partial charge is 0.325 e. The molecular weight excluding hydrogens is 342 g/mol. The topological polar surface area (TPSA) is 84.2 Å². The van der Waals surface area contributed by atoms with Crippen LogP contribution < -0.4 is 16.6 Å². The number of nitrogens with one attached hydrogen (secondary N) is 2. The molecule has 0 saturated heterocycles. The number of nitrogen functional groups attached to an aromatic ring is 1. The van der Waals surface area contributed by atoms with Gasteiger partial charge in [-0.15, -0.1) is 0 Å². The molecule has 0 bridgehead atoms. The Bertz CT molecular complexity index is 449. The fraction of sp³-hybridized carbons (Fsp3) is 0.111. The summed E-state index contributed by atoms with van der Waals surface area (Å²) >= 11 is 6.51. The van der Waals surface area contributed by atoms with Crippen LogP contribution in [0.2, 0.25) is 0 Å². The summed E-state index contributed by atoms with van der Waals surface area (Å²) in [6.07, 6.45) is 0. The van der Waals surface area contributed by atoms with E-state index in [1.165, 1.54) is 6.92 Å². The molecule has 0 unspecified atom stereocenters. The number of rotatable bonds is 2. The number of anilines is 1. The van der Waals surface area contributed by atoms with Gasteiger partial charge in [0.05, 0.1) is 11.3 Å². The molecule has 86 valence electrons. The van der Waals surface area contributed by atoms with Crippen molar-refractivity contribution in [2.45, 2.75) is 6.92 Å². The molecular formula is C9H9Br2N3O2. The second-order valence-corrected chi connectivity index (χ2v) is 4.73. The third kappa shape index (κ3) is 3.03. The van der Waals surface area contributed by atoms with Gasteiger partial charge in [-0.05, 0) is 28.1 Å². The Morgan fingerprint density at radius 3 is 2.44 bits per heavy atom. The first-order chi connectivity index (χ1) is 7.45. The summed E-state index contributed by atoms with van der Waals surface area (Å²) in [5.74, 6) is 4.31.